The van der Waals surface area contributed by atoms with Crippen molar-refractivity contribution in [2.75, 3.05) is 17.7 Å². The minimum Gasteiger partial charge on any atom is -0.344 e. The highest BCUT2D eigenvalue weighted by molar-refractivity contribution is 7.89. The number of hydrogen-bond acceptors (Lipinski definition) is 6. The number of amides is 1. The molecule has 3 rings (SSSR count). The van der Waals surface area contributed by atoms with E-state index in [9.17, 15) is 13.2 Å². The summed E-state index contributed by atoms with van der Waals surface area (Å²) >= 11 is 1.40. The fourth-order valence-electron chi connectivity index (χ4n) is 3.11. The van der Waals surface area contributed by atoms with Crippen molar-refractivity contribution in [1.29, 1.82) is 0 Å². The molecular weight excluding hydrogens is 418 g/mol. The number of carbonyl (C=O) groups is 1. The number of sulfonamides is 1. The summed E-state index contributed by atoms with van der Waals surface area (Å²) in [6, 6.07) is 20.4. The summed E-state index contributed by atoms with van der Waals surface area (Å²) < 4.78 is 24.8. The van der Waals surface area contributed by atoms with Crippen molar-refractivity contribution in [2.24, 2.45) is 0 Å². The lowest BCUT2D eigenvalue weighted by atomic mass is 10.1. The second kappa shape index (κ2) is 9.86. The lowest BCUT2D eigenvalue weighted by molar-refractivity contribution is 0.0977. The lowest BCUT2D eigenvalue weighted by Crippen LogP contribution is -2.30. The van der Waals surface area contributed by atoms with Crippen LogP contribution in [-0.4, -0.2) is 32.1 Å². The third-order valence-electron chi connectivity index (χ3n) is 4.50. The fourth-order valence-corrected chi connectivity index (χ4v) is 4.47. The largest absolute Gasteiger partial charge is 0.344 e. The van der Waals surface area contributed by atoms with Crippen LogP contribution in [0.5, 0.6) is 0 Å². The molecule has 1 N–H and O–H groups in total. The van der Waals surface area contributed by atoms with Gasteiger partial charge in [-0.25, -0.2) is 18.1 Å². The summed E-state index contributed by atoms with van der Waals surface area (Å²) in [5.74, 6) is -0.693. The summed E-state index contributed by atoms with van der Waals surface area (Å²) in [5.41, 5.74) is 2.58. The SMILES string of the molecule is Cc1sc(N(CCCc2ccccc2)Cc2ccccc2)nc1C(=O)NS(C)(=O)=O. The van der Waals surface area contributed by atoms with Gasteiger partial charge in [-0.05, 0) is 30.9 Å². The van der Waals surface area contributed by atoms with Crippen LogP contribution in [0.3, 0.4) is 0 Å². The van der Waals surface area contributed by atoms with Gasteiger partial charge in [0.05, 0.1) is 6.26 Å². The van der Waals surface area contributed by atoms with Gasteiger partial charge in [0.25, 0.3) is 5.91 Å². The molecule has 0 unspecified atom stereocenters. The summed E-state index contributed by atoms with van der Waals surface area (Å²) in [6.07, 6.45) is 2.83. The first kappa shape index (κ1) is 22.0. The highest BCUT2D eigenvalue weighted by atomic mass is 32.2. The molecule has 158 valence electrons. The average molecular weight is 444 g/mol. The van der Waals surface area contributed by atoms with E-state index >= 15 is 0 Å². The van der Waals surface area contributed by atoms with E-state index in [1.807, 2.05) is 41.1 Å². The Hall–Kier alpha value is -2.71. The minimum absolute atomic E-state index is 0.154. The van der Waals surface area contributed by atoms with Crippen molar-refractivity contribution < 1.29 is 13.2 Å². The van der Waals surface area contributed by atoms with E-state index in [1.54, 1.807) is 6.92 Å². The van der Waals surface area contributed by atoms with Crippen LogP contribution in [0.15, 0.2) is 60.7 Å². The van der Waals surface area contributed by atoms with Crippen LogP contribution >= 0.6 is 11.3 Å². The van der Waals surface area contributed by atoms with Gasteiger partial charge in [0.2, 0.25) is 10.0 Å². The summed E-state index contributed by atoms with van der Waals surface area (Å²) in [4.78, 5) is 19.6. The Morgan fingerprint density at radius 2 is 1.63 bits per heavy atom. The molecule has 2 aromatic carbocycles. The van der Waals surface area contributed by atoms with Crippen molar-refractivity contribution in [1.82, 2.24) is 9.71 Å². The van der Waals surface area contributed by atoms with Gasteiger partial charge in [0.15, 0.2) is 5.13 Å². The number of hydrogen-bond donors (Lipinski definition) is 1. The van der Waals surface area contributed by atoms with E-state index in [0.717, 1.165) is 31.2 Å². The summed E-state index contributed by atoms with van der Waals surface area (Å²) in [5, 5.41) is 0.711. The number of anilines is 1. The van der Waals surface area contributed by atoms with E-state index in [1.165, 1.54) is 16.9 Å². The molecule has 6 nitrogen and oxygen atoms in total. The number of nitrogens with zero attached hydrogens (tertiary/aromatic N) is 2. The fraction of sp³-hybridized carbons (Fsp3) is 0.273. The van der Waals surface area contributed by atoms with E-state index in [4.69, 9.17) is 0 Å². The first-order valence-corrected chi connectivity index (χ1v) is 12.3. The van der Waals surface area contributed by atoms with Gasteiger partial charge in [-0.3, -0.25) is 4.79 Å². The van der Waals surface area contributed by atoms with E-state index in [-0.39, 0.29) is 5.69 Å². The zero-order valence-corrected chi connectivity index (χ0v) is 18.7. The van der Waals surface area contributed by atoms with Gasteiger partial charge in [0, 0.05) is 18.0 Å². The molecule has 0 aliphatic carbocycles. The van der Waals surface area contributed by atoms with Crippen molar-refractivity contribution in [2.45, 2.75) is 26.3 Å². The maximum Gasteiger partial charge on any atom is 0.284 e. The Balaban J connectivity index is 1.78. The van der Waals surface area contributed by atoms with Crippen LogP contribution in [0.2, 0.25) is 0 Å². The second-order valence-corrected chi connectivity index (χ2v) is 10.0. The Bertz CT molecular complexity index is 1080. The maximum absolute atomic E-state index is 12.3. The molecule has 0 atom stereocenters. The number of aromatic nitrogens is 1. The molecule has 0 aliphatic rings. The van der Waals surface area contributed by atoms with Gasteiger partial charge in [-0.15, -0.1) is 11.3 Å². The van der Waals surface area contributed by atoms with Crippen LogP contribution < -0.4 is 9.62 Å². The highest BCUT2D eigenvalue weighted by Gasteiger charge is 2.21. The standard InChI is InChI=1S/C22H25N3O3S2/c1-17-20(21(26)24-30(2,27)28)23-22(29-17)25(16-19-12-7-4-8-13-19)15-9-14-18-10-5-3-6-11-18/h3-8,10-13H,9,14-16H2,1-2H3,(H,24,26). The molecule has 0 fully saturated rings. The second-order valence-electron chi connectivity index (χ2n) is 7.10. The Morgan fingerprint density at radius 3 is 2.23 bits per heavy atom. The molecule has 30 heavy (non-hydrogen) atoms. The molecule has 1 aromatic heterocycles. The molecule has 0 saturated heterocycles. The topological polar surface area (TPSA) is 79.4 Å². The molecule has 0 spiro atoms. The maximum atomic E-state index is 12.3. The summed E-state index contributed by atoms with van der Waals surface area (Å²) in [7, 11) is -3.64. The van der Waals surface area contributed by atoms with Gasteiger partial charge in [-0.1, -0.05) is 60.7 Å². The molecular formula is C22H25N3O3S2. The number of nitrogens with one attached hydrogen (secondary N) is 1. The van der Waals surface area contributed by atoms with Crippen LogP contribution in [-0.2, 0) is 23.0 Å². The predicted octanol–water partition coefficient (Wildman–Crippen LogP) is 3.78. The number of thiazole rings is 1. The number of carbonyl (C=O) groups excluding carboxylic acids is 1. The third kappa shape index (κ3) is 6.40. The number of benzene rings is 2. The normalized spacial score (nSPS) is 11.3. The van der Waals surface area contributed by atoms with Crippen molar-refractivity contribution in [3.05, 3.63) is 82.4 Å². The average Bonchev–Trinajstić information content (AvgIpc) is 3.09. The molecule has 8 heteroatoms. The van der Waals surface area contributed by atoms with E-state index in [0.29, 0.717) is 16.6 Å². The third-order valence-corrected chi connectivity index (χ3v) is 6.09. The van der Waals surface area contributed by atoms with Crippen molar-refractivity contribution in [3.63, 3.8) is 0 Å². The quantitative estimate of drug-likeness (QED) is 0.544. The molecule has 1 amide bonds. The summed E-state index contributed by atoms with van der Waals surface area (Å²) in [6.45, 7) is 3.21. The van der Waals surface area contributed by atoms with Gasteiger partial charge < -0.3 is 4.90 Å². The Labute approximate surface area is 181 Å². The number of rotatable bonds is 9. The van der Waals surface area contributed by atoms with Gasteiger partial charge in [-0.2, -0.15) is 0 Å². The molecule has 0 aliphatic heterocycles. The van der Waals surface area contributed by atoms with E-state index < -0.39 is 15.9 Å². The minimum atomic E-state index is -3.64. The zero-order chi connectivity index (χ0) is 21.6. The molecule has 3 aromatic rings. The van der Waals surface area contributed by atoms with Crippen LogP contribution in [0.1, 0.15) is 32.9 Å². The smallest absolute Gasteiger partial charge is 0.284 e. The van der Waals surface area contributed by atoms with Gasteiger partial charge >= 0.3 is 0 Å². The first-order chi connectivity index (χ1) is 14.3. The monoisotopic (exact) mass is 443 g/mol. The van der Waals surface area contributed by atoms with Crippen molar-refractivity contribution in [3.8, 4) is 0 Å². The Morgan fingerprint density at radius 1 is 1.03 bits per heavy atom. The Kier molecular flexibility index (Phi) is 7.23. The molecule has 0 saturated carbocycles. The highest BCUT2D eigenvalue weighted by Crippen LogP contribution is 2.27. The van der Waals surface area contributed by atoms with E-state index in [2.05, 4.69) is 34.1 Å². The van der Waals surface area contributed by atoms with Crippen molar-refractivity contribution >= 4 is 32.4 Å². The predicted molar refractivity (Wildman–Crippen MR) is 121 cm³/mol. The molecule has 1 heterocycles. The van der Waals surface area contributed by atoms with Gasteiger partial charge in [0.1, 0.15) is 5.69 Å². The lowest BCUT2D eigenvalue weighted by Gasteiger charge is -2.22. The first-order valence-electron chi connectivity index (χ1n) is 9.64. The van der Waals surface area contributed by atoms with Crippen LogP contribution in [0.4, 0.5) is 5.13 Å². The van der Waals surface area contributed by atoms with Crippen LogP contribution in [0.25, 0.3) is 0 Å². The van der Waals surface area contributed by atoms with Crippen LogP contribution in [0, 0.1) is 6.92 Å². The number of aryl methyl sites for hydroxylation is 2. The zero-order valence-electron chi connectivity index (χ0n) is 17.0. The molecule has 0 radical (unpaired) electrons. The molecule has 0 bridgehead atoms.